The summed E-state index contributed by atoms with van der Waals surface area (Å²) in [6, 6.07) is 7.03. The Morgan fingerprint density at radius 2 is 2.31 bits per heavy atom. The predicted octanol–water partition coefficient (Wildman–Crippen LogP) is 3.10. The zero-order chi connectivity index (χ0) is 11.4. The van der Waals surface area contributed by atoms with Gasteiger partial charge in [-0.2, -0.15) is 0 Å². The van der Waals surface area contributed by atoms with Crippen LogP contribution >= 0.6 is 0 Å². The lowest BCUT2D eigenvalue weighted by molar-refractivity contribution is 0.182. The third-order valence-corrected chi connectivity index (χ3v) is 3.46. The average molecular weight is 221 g/mol. The number of benzene rings is 1. The van der Waals surface area contributed by atoms with Crippen molar-refractivity contribution in [2.24, 2.45) is 5.92 Å². The molecule has 1 aliphatic heterocycles. The van der Waals surface area contributed by atoms with Crippen molar-refractivity contribution in [1.29, 1.82) is 0 Å². The molecule has 1 aromatic carbocycles. The minimum absolute atomic E-state index is 0.111. The van der Waals surface area contributed by atoms with Gasteiger partial charge in [-0.05, 0) is 56.0 Å². The molecule has 1 saturated heterocycles. The van der Waals surface area contributed by atoms with Gasteiger partial charge in [0.25, 0.3) is 0 Å². The van der Waals surface area contributed by atoms with E-state index < -0.39 is 0 Å². The van der Waals surface area contributed by atoms with Crippen molar-refractivity contribution in [3.63, 3.8) is 0 Å². The molecular weight excluding hydrogens is 201 g/mol. The summed E-state index contributed by atoms with van der Waals surface area (Å²) >= 11 is 0. The van der Waals surface area contributed by atoms with E-state index in [2.05, 4.69) is 11.8 Å². The van der Waals surface area contributed by atoms with E-state index >= 15 is 0 Å². The summed E-state index contributed by atoms with van der Waals surface area (Å²) in [5, 5.41) is 0. The van der Waals surface area contributed by atoms with Crippen molar-refractivity contribution in [3.8, 4) is 0 Å². The summed E-state index contributed by atoms with van der Waals surface area (Å²) < 4.78 is 13.1. The molecule has 2 rings (SSSR count). The van der Waals surface area contributed by atoms with Gasteiger partial charge in [0.2, 0.25) is 0 Å². The van der Waals surface area contributed by atoms with Crippen LogP contribution in [0.5, 0.6) is 0 Å². The molecule has 0 spiro atoms. The first-order chi connectivity index (χ1) is 7.78. The minimum Gasteiger partial charge on any atom is -0.303 e. The third-order valence-electron chi connectivity index (χ3n) is 3.46. The second-order valence-corrected chi connectivity index (χ2v) is 4.74. The van der Waals surface area contributed by atoms with E-state index in [4.69, 9.17) is 0 Å². The van der Waals surface area contributed by atoms with Gasteiger partial charge in [-0.1, -0.05) is 19.1 Å². The second-order valence-electron chi connectivity index (χ2n) is 4.74. The van der Waals surface area contributed by atoms with Crippen molar-refractivity contribution in [2.45, 2.75) is 26.2 Å². The second kappa shape index (κ2) is 5.44. The summed E-state index contributed by atoms with van der Waals surface area (Å²) in [6.07, 6.45) is 3.59. The molecule has 2 heteroatoms. The van der Waals surface area contributed by atoms with Gasteiger partial charge < -0.3 is 4.90 Å². The van der Waals surface area contributed by atoms with Crippen LogP contribution in [0, 0.1) is 11.7 Å². The fraction of sp³-hybridized carbons (Fsp3) is 0.571. The van der Waals surface area contributed by atoms with Gasteiger partial charge in [-0.15, -0.1) is 0 Å². The Bertz CT molecular complexity index is 337. The summed E-state index contributed by atoms with van der Waals surface area (Å²) in [5.74, 6) is 0.594. The van der Waals surface area contributed by atoms with E-state index in [0.717, 1.165) is 18.5 Å². The van der Waals surface area contributed by atoms with Crippen molar-refractivity contribution in [3.05, 3.63) is 35.6 Å². The molecule has 1 unspecified atom stereocenters. The number of likely N-dealkylation sites (tertiary alicyclic amines) is 1. The maximum atomic E-state index is 13.1. The van der Waals surface area contributed by atoms with Crippen LogP contribution in [-0.4, -0.2) is 24.5 Å². The Morgan fingerprint density at radius 1 is 1.44 bits per heavy atom. The van der Waals surface area contributed by atoms with Crippen molar-refractivity contribution in [1.82, 2.24) is 4.90 Å². The van der Waals surface area contributed by atoms with Crippen molar-refractivity contribution in [2.75, 3.05) is 19.6 Å². The number of halogens is 1. The molecule has 0 bridgehead atoms. The average Bonchev–Trinajstić information content (AvgIpc) is 2.29. The first-order valence-electron chi connectivity index (χ1n) is 6.24. The van der Waals surface area contributed by atoms with E-state index in [-0.39, 0.29) is 5.82 Å². The van der Waals surface area contributed by atoms with Crippen LogP contribution in [0.15, 0.2) is 24.3 Å². The molecule has 88 valence electrons. The minimum atomic E-state index is -0.111. The lowest BCUT2D eigenvalue weighted by atomic mass is 9.91. The summed E-state index contributed by atoms with van der Waals surface area (Å²) in [4.78, 5) is 2.49. The molecule has 0 aromatic heterocycles. The monoisotopic (exact) mass is 221 g/mol. The summed E-state index contributed by atoms with van der Waals surface area (Å²) in [6.45, 7) is 5.76. The van der Waals surface area contributed by atoms with E-state index in [0.29, 0.717) is 5.92 Å². The molecule has 0 aliphatic carbocycles. The molecule has 0 radical (unpaired) electrons. The summed E-state index contributed by atoms with van der Waals surface area (Å²) in [7, 11) is 0. The Kier molecular flexibility index (Phi) is 3.94. The quantitative estimate of drug-likeness (QED) is 0.758. The van der Waals surface area contributed by atoms with Crippen molar-refractivity contribution >= 4 is 0 Å². The van der Waals surface area contributed by atoms with Crippen LogP contribution in [0.3, 0.4) is 0 Å². The number of nitrogens with zero attached hydrogens (tertiary/aromatic N) is 1. The van der Waals surface area contributed by atoms with Gasteiger partial charge in [0.15, 0.2) is 0 Å². The van der Waals surface area contributed by atoms with Crippen molar-refractivity contribution < 1.29 is 4.39 Å². The molecular formula is C14H20FN. The van der Waals surface area contributed by atoms with Crippen LogP contribution in [-0.2, 0) is 6.42 Å². The van der Waals surface area contributed by atoms with Gasteiger partial charge in [0, 0.05) is 6.54 Å². The normalized spacial score (nSPS) is 22.2. The van der Waals surface area contributed by atoms with Crippen LogP contribution < -0.4 is 0 Å². The van der Waals surface area contributed by atoms with Gasteiger partial charge in [0.1, 0.15) is 5.82 Å². The van der Waals surface area contributed by atoms with Crippen LogP contribution in [0.4, 0.5) is 4.39 Å². The Hall–Kier alpha value is -0.890. The molecule has 0 N–H and O–H groups in total. The highest BCUT2D eigenvalue weighted by atomic mass is 19.1. The van der Waals surface area contributed by atoms with E-state index in [1.54, 1.807) is 6.07 Å². The van der Waals surface area contributed by atoms with Gasteiger partial charge in [0.05, 0.1) is 0 Å². The highest BCUT2D eigenvalue weighted by Gasteiger charge is 2.18. The number of piperidine rings is 1. The largest absolute Gasteiger partial charge is 0.303 e. The number of rotatable bonds is 3. The number of hydrogen-bond donors (Lipinski definition) is 0. The van der Waals surface area contributed by atoms with Gasteiger partial charge in [-0.25, -0.2) is 4.39 Å². The molecule has 0 amide bonds. The standard InChI is InChI=1S/C14H20FN/c1-2-16-8-4-6-13(11-16)9-12-5-3-7-14(15)10-12/h3,5,7,10,13H,2,4,6,8-9,11H2,1H3. The summed E-state index contributed by atoms with van der Waals surface area (Å²) in [5.41, 5.74) is 1.14. The molecule has 16 heavy (non-hydrogen) atoms. The zero-order valence-corrected chi connectivity index (χ0v) is 9.95. The fourth-order valence-corrected chi connectivity index (χ4v) is 2.60. The lowest BCUT2D eigenvalue weighted by Crippen LogP contribution is -2.35. The SMILES string of the molecule is CCN1CCCC(Cc2cccc(F)c2)C1. The first kappa shape index (κ1) is 11.6. The van der Waals surface area contributed by atoms with Crippen LogP contribution in [0.25, 0.3) is 0 Å². The van der Waals surface area contributed by atoms with Gasteiger partial charge >= 0.3 is 0 Å². The zero-order valence-electron chi connectivity index (χ0n) is 9.95. The van der Waals surface area contributed by atoms with Crippen LogP contribution in [0.2, 0.25) is 0 Å². The maximum absolute atomic E-state index is 13.1. The maximum Gasteiger partial charge on any atom is 0.123 e. The Labute approximate surface area is 97.3 Å². The van der Waals surface area contributed by atoms with E-state index in [1.165, 1.54) is 32.0 Å². The molecule has 0 saturated carbocycles. The molecule has 1 nitrogen and oxygen atoms in total. The van der Waals surface area contributed by atoms with Crippen LogP contribution in [0.1, 0.15) is 25.3 Å². The first-order valence-corrected chi connectivity index (χ1v) is 6.24. The predicted molar refractivity (Wildman–Crippen MR) is 64.9 cm³/mol. The molecule has 1 fully saturated rings. The van der Waals surface area contributed by atoms with E-state index in [9.17, 15) is 4.39 Å². The highest BCUT2D eigenvalue weighted by Crippen LogP contribution is 2.20. The lowest BCUT2D eigenvalue weighted by Gasteiger charge is -2.31. The Morgan fingerprint density at radius 3 is 3.06 bits per heavy atom. The topological polar surface area (TPSA) is 3.24 Å². The Balaban J connectivity index is 1.94. The molecule has 1 aromatic rings. The third kappa shape index (κ3) is 3.05. The smallest absolute Gasteiger partial charge is 0.123 e. The molecule has 1 heterocycles. The molecule has 1 atom stereocenters. The fourth-order valence-electron chi connectivity index (χ4n) is 2.60. The van der Waals surface area contributed by atoms with E-state index in [1.807, 2.05) is 12.1 Å². The van der Waals surface area contributed by atoms with Gasteiger partial charge in [-0.3, -0.25) is 0 Å². The number of hydrogen-bond acceptors (Lipinski definition) is 1. The molecule has 1 aliphatic rings. The highest BCUT2D eigenvalue weighted by molar-refractivity contribution is 5.17.